The summed E-state index contributed by atoms with van der Waals surface area (Å²) in [6, 6.07) is 7.72. The van der Waals surface area contributed by atoms with E-state index in [1.54, 1.807) is 24.4 Å². The molecule has 0 fully saturated rings. The van der Waals surface area contributed by atoms with Crippen LogP contribution in [0.4, 0.5) is 10.1 Å². The molecule has 0 spiro atoms. The summed E-state index contributed by atoms with van der Waals surface area (Å²) in [5, 5.41) is 0. The minimum atomic E-state index is -0.352. The lowest BCUT2D eigenvalue weighted by molar-refractivity contribution is 0.457. The Hall–Kier alpha value is -2.10. The standard InChI is InChI=1S/C12H11FN2O/c1-8-4-5-9(13)7-11(8)16-12-10(14)3-2-6-15-12/h2-7H,14H2,1H3. The highest BCUT2D eigenvalue weighted by Crippen LogP contribution is 2.27. The largest absolute Gasteiger partial charge is 0.437 e. The zero-order chi connectivity index (χ0) is 11.5. The number of nitrogens with two attached hydrogens (primary N) is 1. The minimum Gasteiger partial charge on any atom is -0.437 e. The van der Waals surface area contributed by atoms with Gasteiger partial charge in [-0.15, -0.1) is 0 Å². The average molecular weight is 218 g/mol. The highest BCUT2D eigenvalue weighted by atomic mass is 19.1. The highest BCUT2D eigenvalue weighted by molar-refractivity contribution is 5.49. The average Bonchev–Trinajstić information content (AvgIpc) is 2.27. The molecule has 0 aliphatic rings. The summed E-state index contributed by atoms with van der Waals surface area (Å²) in [5.74, 6) is 0.358. The summed E-state index contributed by atoms with van der Waals surface area (Å²) in [6.45, 7) is 1.83. The molecule has 2 N–H and O–H groups in total. The van der Waals surface area contributed by atoms with Crippen molar-refractivity contribution < 1.29 is 9.13 Å². The number of aryl methyl sites for hydroxylation is 1. The van der Waals surface area contributed by atoms with E-state index in [-0.39, 0.29) is 11.7 Å². The summed E-state index contributed by atoms with van der Waals surface area (Å²) in [4.78, 5) is 3.97. The molecule has 1 aromatic heterocycles. The lowest BCUT2D eigenvalue weighted by atomic mass is 10.2. The molecule has 1 heterocycles. The van der Waals surface area contributed by atoms with Crippen LogP contribution in [0.25, 0.3) is 0 Å². The number of aromatic nitrogens is 1. The van der Waals surface area contributed by atoms with Crippen molar-refractivity contribution in [3.8, 4) is 11.6 Å². The van der Waals surface area contributed by atoms with E-state index in [0.29, 0.717) is 11.4 Å². The number of rotatable bonds is 2. The van der Waals surface area contributed by atoms with Gasteiger partial charge in [0.1, 0.15) is 11.6 Å². The number of ether oxygens (including phenoxy) is 1. The van der Waals surface area contributed by atoms with Crippen molar-refractivity contribution in [2.45, 2.75) is 6.92 Å². The molecule has 2 aromatic rings. The number of hydrogen-bond acceptors (Lipinski definition) is 3. The van der Waals surface area contributed by atoms with Crippen molar-refractivity contribution in [3.63, 3.8) is 0 Å². The van der Waals surface area contributed by atoms with Crippen LogP contribution in [0.1, 0.15) is 5.56 Å². The minimum absolute atomic E-state index is 0.288. The molecule has 3 nitrogen and oxygen atoms in total. The van der Waals surface area contributed by atoms with Gasteiger partial charge in [-0.3, -0.25) is 0 Å². The van der Waals surface area contributed by atoms with E-state index < -0.39 is 0 Å². The second-order valence-corrected chi connectivity index (χ2v) is 3.41. The SMILES string of the molecule is Cc1ccc(F)cc1Oc1ncccc1N. The fourth-order valence-electron chi connectivity index (χ4n) is 1.28. The Morgan fingerprint density at radius 1 is 1.31 bits per heavy atom. The number of benzene rings is 1. The van der Waals surface area contributed by atoms with Crippen molar-refractivity contribution in [2.75, 3.05) is 5.73 Å². The van der Waals surface area contributed by atoms with Crippen molar-refractivity contribution in [1.82, 2.24) is 4.98 Å². The van der Waals surface area contributed by atoms with E-state index in [2.05, 4.69) is 4.98 Å². The first-order valence-corrected chi connectivity index (χ1v) is 4.81. The van der Waals surface area contributed by atoms with Crippen LogP contribution in [0.3, 0.4) is 0 Å². The first-order chi connectivity index (χ1) is 7.66. The van der Waals surface area contributed by atoms with Crippen molar-refractivity contribution in [1.29, 1.82) is 0 Å². The van der Waals surface area contributed by atoms with Gasteiger partial charge in [-0.05, 0) is 30.7 Å². The molecule has 0 saturated heterocycles. The molecule has 2 rings (SSSR count). The second kappa shape index (κ2) is 4.18. The number of pyridine rings is 1. The fraction of sp³-hybridized carbons (Fsp3) is 0.0833. The summed E-state index contributed by atoms with van der Waals surface area (Å²) in [6.07, 6.45) is 1.57. The Kier molecular flexibility index (Phi) is 2.72. The van der Waals surface area contributed by atoms with Crippen LogP contribution >= 0.6 is 0 Å². The molecule has 4 heteroatoms. The van der Waals surface area contributed by atoms with E-state index >= 15 is 0 Å². The van der Waals surface area contributed by atoms with E-state index in [4.69, 9.17) is 10.5 Å². The Bertz CT molecular complexity index is 514. The first kappa shape index (κ1) is 10.4. The third-order valence-corrected chi connectivity index (χ3v) is 2.16. The van der Waals surface area contributed by atoms with E-state index in [1.165, 1.54) is 12.1 Å². The molecular formula is C12H11FN2O. The fourth-order valence-corrected chi connectivity index (χ4v) is 1.28. The van der Waals surface area contributed by atoms with Gasteiger partial charge in [0.25, 0.3) is 0 Å². The normalized spacial score (nSPS) is 10.1. The summed E-state index contributed by atoms with van der Waals surface area (Å²) >= 11 is 0. The summed E-state index contributed by atoms with van der Waals surface area (Å²) < 4.78 is 18.5. The smallest absolute Gasteiger partial charge is 0.242 e. The lowest BCUT2D eigenvalue weighted by Crippen LogP contribution is -1.95. The van der Waals surface area contributed by atoms with Crippen molar-refractivity contribution in [2.24, 2.45) is 0 Å². The number of anilines is 1. The summed E-state index contributed by atoms with van der Waals surface area (Å²) in [5.41, 5.74) is 6.92. The Morgan fingerprint density at radius 3 is 2.88 bits per heavy atom. The van der Waals surface area contributed by atoms with Gasteiger partial charge in [0, 0.05) is 12.3 Å². The zero-order valence-corrected chi connectivity index (χ0v) is 8.77. The molecule has 16 heavy (non-hydrogen) atoms. The molecular weight excluding hydrogens is 207 g/mol. The molecule has 0 amide bonds. The second-order valence-electron chi connectivity index (χ2n) is 3.41. The first-order valence-electron chi connectivity index (χ1n) is 4.81. The van der Waals surface area contributed by atoms with Crippen LogP contribution < -0.4 is 10.5 Å². The van der Waals surface area contributed by atoms with Crippen molar-refractivity contribution in [3.05, 3.63) is 47.9 Å². The molecule has 1 aromatic carbocycles. The quantitative estimate of drug-likeness (QED) is 0.843. The van der Waals surface area contributed by atoms with Gasteiger partial charge >= 0.3 is 0 Å². The summed E-state index contributed by atoms with van der Waals surface area (Å²) in [7, 11) is 0. The Balaban J connectivity index is 2.34. The van der Waals surface area contributed by atoms with Crippen LogP contribution in [0.2, 0.25) is 0 Å². The van der Waals surface area contributed by atoms with Crippen LogP contribution in [0.5, 0.6) is 11.6 Å². The van der Waals surface area contributed by atoms with Gasteiger partial charge in [0.15, 0.2) is 0 Å². The molecule has 0 saturated carbocycles. The molecule has 0 aliphatic carbocycles. The van der Waals surface area contributed by atoms with Crippen LogP contribution in [-0.2, 0) is 0 Å². The van der Waals surface area contributed by atoms with Crippen LogP contribution in [0.15, 0.2) is 36.5 Å². The lowest BCUT2D eigenvalue weighted by Gasteiger charge is -2.09. The van der Waals surface area contributed by atoms with E-state index in [0.717, 1.165) is 5.56 Å². The van der Waals surface area contributed by atoms with E-state index in [9.17, 15) is 4.39 Å². The molecule has 0 radical (unpaired) electrons. The maximum absolute atomic E-state index is 13.0. The van der Waals surface area contributed by atoms with Crippen LogP contribution in [0, 0.1) is 12.7 Å². The number of nitrogen functional groups attached to an aromatic ring is 1. The third kappa shape index (κ3) is 2.11. The highest BCUT2D eigenvalue weighted by Gasteiger charge is 2.06. The van der Waals surface area contributed by atoms with Gasteiger partial charge in [0.05, 0.1) is 5.69 Å². The number of halogens is 1. The molecule has 0 bridgehead atoms. The van der Waals surface area contributed by atoms with Gasteiger partial charge in [-0.2, -0.15) is 0 Å². The van der Waals surface area contributed by atoms with Gasteiger partial charge in [-0.25, -0.2) is 9.37 Å². The zero-order valence-electron chi connectivity index (χ0n) is 8.77. The maximum Gasteiger partial charge on any atom is 0.242 e. The predicted octanol–water partition coefficient (Wildman–Crippen LogP) is 2.90. The Morgan fingerprint density at radius 2 is 2.12 bits per heavy atom. The van der Waals surface area contributed by atoms with E-state index in [1.807, 2.05) is 6.92 Å². The topological polar surface area (TPSA) is 48.1 Å². The number of nitrogens with zero attached hydrogens (tertiary/aromatic N) is 1. The monoisotopic (exact) mass is 218 g/mol. The third-order valence-electron chi connectivity index (χ3n) is 2.16. The molecule has 0 unspecified atom stereocenters. The molecule has 0 aliphatic heterocycles. The van der Waals surface area contributed by atoms with Gasteiger partial charge in [0.2, 0.25) is 5.88 Å². The van der Waals surface area contributed by atoms with Crippen molar-refractivity contribution >= 4 is 5.69 Å². The Labute approximate surface area is 92.7 Å². The maximum atomic E-state index is 13.0. The molecule has 0 atom stereocenters. The molecule has 82 valence electrons. The van der Waals surface area contributed by atoms with Gasteiger partial charge in [-0.1, -0.05) is 6.07 Å². The van der Waals surface area contributed by atoms with Crippen LogP contribution in [-0.4, -0.2) is 4.98 Å². The number of hydrogen-bond donors (Lipinski definition) is 1. The van der Waals surface area contributed by atoms with Gasteiger partial charge < -0.3 is 10.5 Å². The predicted molar refractivity (Wildman–Crippen MR) is 59.9 cm³/mol.